The first kappa shape index (κ1) is 20.1. The Labute approximate surface area is 184 Å². The standard InChI is InChI=1S/C23H23N7O2/c1-15-11-20(30-23(26-15)28-21(29-30)17-6-3-9-24-13-17)27-18-7-2-5-16(12-18)22(31)25-14-19-8-4-10-32-19/h2-3,5-7,9,11-13,19,27H,4,8,10,14H2,1H3,(H,25,31). The van der Waals surface area contributed by atoms with E-state index in [1.165, 1.54) is 0 Å². The van der Waals surface area contributed by atoms with Crippen LogP contribution in [0.1, 0.15) is 28.9 Å². The van der Waals surface area contributed by atoms with Crippen LogP contribution in [-0.4, -0.2) is 49.7 Å². The Hall–Kier alpha value is -3.85. The summed E-state index contributed by atoms with van der Waals surface area (Å²) in [5.74, 6) is 1.60. The minimum absolute atomic E-state index is 0.106. The fourth-order valence-corrected chi connectivity index (χ4v) is 3.69. The lowest BCUT2D eigenvalue weighted by molar-refractivity contribution is 0.0858. The lowest BCUT2D eigenvalue weighted by Gasteiger charge is -2.12. The molecular formula is C23H23N7O2. The molecule has 0 saturated carbocycles. The highest BCUT2D eigenvalue weighted by Crippen LogP contribution is 2.22. The van der Waals surface area contributed by atoms with Crippen LogP contribution in [0, 0.1) is 6.92 Å². The highest BCUT2D eigenvalue weighted by molar-refractivity contribution is 5.95. The number of anilines is 2. The molecule has 162 valence electrons. The Morgan fingerprint density at radius 2 is 2.16 bits per heavy atom. The maximum Gasteiger partial charge on any atom is 0.254 e. The van der Waals surface area contributed by atoms with Crippen LogP contribution in [0.2, 0.25) is 0 Å². The molecule has 4 heterocycles. The van der Waals surface area contributed by atoms with Crippen LogP contribution in [0.4, 0.5) is 11.5 Å². The molecule has 0 bridgehead atoms. The third-order valence-corrected chi connectivity index (χ3v) is 5.27. The first-order chi connectivity index (χ1) is 15.7. The van der Waals surface area contributed by atoms with Gasteiger partial charge in [0.2, 0.25) is 0 Å². The molecule has 1 aliphatic rings. The van der Waals surface area contributed by atoms with Crippen LogP contribution in [0.15, 0.2) is 54.9 Å². The Kier molecular flexibility index (Phi) is 5.47. The van der Waals surface area contributed by atoms with E-state index in [0.29, 0.717) is 29.5 Å². The number of aryl methyl sites for hydroxylation is 1. The van der Waals surface area contributed by atoms with Gasteiger partial charge in [-0.05, 0) is 50.1 Å². The monoisotopic (exact) mass is 429 g/mol. The lowest BCUT2D eigenvalue weighted by atomic mass is 10.1. The summed E-state index contributed by atoms with van der Waals surface area (Å²) in [5, 5.41) is 10.9. The molecule has 1 fully saturated rings. The summed E-state index contributed by atoms with van der Waals surface area (Å²) in [6.45, 7) is 3.19. The number of hydrogen-bond donors (Lipinski definition) is 2. The molecule has 0 aliphatic carbocycles. The van der Waals surface area contributed by atoms with Gasteiger partial charge in [0.25, 0.3) is 11.7 Å². The number of pyridine rings is 1. The van der Waals surface area contributed by atoms with Crippen molar-refractivity contribution in [1.82, 2.24) is 29.9 Å². The summed E-state index contributed by atoms with van der Waals surface area (Å²) in [5.41, 5.74) is 2.95. The number of nitrogens with zero attached hydrogens (tertiary/aromatic N) is 5. The quantitative estimate of drug-likeness (QED) is 0.485. The van der Waals surface area contributed by atoms with Gasteiger partial charge in [0.1, 0.15) is 5.82 Å². The average molecular weight is 429 g/mol. The summed E-state index contributed by atoms with van der Waals surface area (Å²) in [7, 11) is 0. The van der Waals surface area contributed by atoms with E-state index < -0.39 is 0 Å². The minimum Gasteiger partial charge on any atom is -0.376 e. The van der Waals surface area contributed by atoms with E-state index in [4.69, 9.17) is 4.74 Å². The van der Waals surface area contributed by atoms with Gasteiger partial charge >= 0.3 is 0 Å². The first-order valence-corrected chi connectivity index (χ1v) is 10.6. The van der Waals surface area contributed by atoms with Crippen molar-refractivity contribution in [2.75, 3.05) is 18.5 Å². The van der Waals surface area contributed by atoms with Crippen molar-refractivity contribution in [3.05, 3.63) is 66.1 Å². The Morgan fingerprint density at radius 1 is 1.22 bits per heavy atom. The molecule has 1 unspecified atom stereocenters. The van der Waals surface area contributed by atoms with Gasteiger partial charge in [-0.2, -0.15) is 9.50 Å². The van der Waals surface area contributed by atoms with Crippen LogP contribution in [0.25, 0.3) is 17.2 Å². The van der Waals surface area contributed by atoms with Gasteiger partial charge in [-0.25, -0.2) is 4.98 Å². The van der Waals surface area contributed by atoms with Gasteiger partial charge < -0.3 is 15.4 Å². The molecule has 9 heteroatoms. The van der Waals surface area contributed by atoms with Crippen molar-refractivity contribution in [1.29, 1.82) is 0 Å². The Bertz CT molecular complexity index is 1250. The summed E-state index contributed by atoms with van der Waals surface area (Å²) in [6, 6.07) is 13.0. The zero-order valence-electron chi connectivity index (χ0n) is 17.7. The normalized spacial score (nSPS) is 15.7. The van der Waals surface area contributed by atoms with Crippen LogP contribution >= 0.6 is 0 Å². The van der Waals surface area contributed by atoms with Gasteiger partial charge in [0, 0.05) is 54.1 Å². The highest BCUT2D eigenvalue weighted by Gasteiger charge is 2.17. The number of hydrogen-bond acceptors (Lipinski definition) is 7. The fraction of sp³-hybridized carbons (Fsp3) is 0.261. The zero-order chi connectivity index (χ0) is 21.9. The third-order valence-electron chi connectivity index (χ3n) is 5.27. The number of amides is 1. The number of ether oxygens (including phenoxy) is 1. The predicted octanol–water partition coefficient (Wildman–Crippen LogP) is 3.15. The largest absolute Gasteiger partial charge is 0.376 e. The lowest BCUT2D eigenvalue weighted by Crippen LogP contribution is -2.31. The predicted molar refractivity (Wildman–Crippen MR) is 120 cm³/mol. The Morgan fingerprint density at radius 3 is 2.97 bits per heavy atom. The van der Waals surface area contributed by atoms with Crippen LogP contribution in [0.3, 0.4) is 0 Å². The molecule has 1 aromatic carbocycles. The summed E-state index contributed by atoms with van der Waals surface area (Å²) < 4.78 is 7.23. The maximum absolute atomic E-state index is 12.6. The molecule has 3 aromatic heterocycles. The van der Waals surface area contributed by atoms with Crippen molar-refractivity contribution in [2.24, 2.45) is 0 Å². The summed E-state index contributed by atoms with van der Waals surface area (Å²) >= 11 is 0. The van der Waals surface area contributed by atoms with E-state index in [-0.39, 0.29) is 12.0 Å². The molecule has 1 saturated heterocycles. The zero-order valence-corrected chi connectivity index (χ0v) is 17.7. The molecule has 1 amide bonds. The van der Waals surface area contributed by atoms with E-state index in [9.17, 15) is 4.79 Å². The van der Waals surface area contributed by atoms with Crippen LogP contribution < -0.4 is 10.6 Å². The number of carbonyl (C=O) groups excluding carboxylic acids is 1. The molecule has 0 spiro atoms. The molecular weight excluding hydrogens is 406 g/mol. The van der Waals surface area contributed by atoms with E-state index in [2.05, 4.69) is 30.7 Å². The van der Waals surface area contributed by atoms with Crippen molar-refractivity contribution in [3.63, 3.8) is 0 Å². The Balaban J connectivity index is 1.38. The first-order valence-electron chi connectivity index (χ1n) is 10.6. The van der Waals surface area contributed by atoms with E-state index in [1.807, 2.05) is 43.3 Å². The number of aromatic nitrogens is 5. The smallest absolute Gasteiger partial charge is 0.254 e. The number of rotatable bonds is 6. The molecule has 32 heavy (non-hydrogen) atoms. The second kappa shape index (κ2) is 8.72. The number of carbonyl (C=O) groups is 1. The van der Waals surface area contributed by atoms with Crippen molar-refractivity contribution < 1.29 is 9.53 Å². The number of nitrogens with one attached hydrogen (secondary N) is 2. The molecule has 9 nitrogen and oxygen atoms in total. The van der Waals surface area contributed by atoms with Crippen molar-refractivity contribution in [2.45, 2.75) is 25.9 Å². The van der Waals surface area contributed by atoms with Gasteiger partial charge in [0.05, 0.1) is 6.10 Å². The summed E-state index contributed by atoms with van der Waals surface area (Å²) in [6.07, 6.45) is 5.56. The number of fused-ring (bicyclic) bond motifs is 1. The van der Waals surface area contributed by atoms with Crippen LogP contribution in [0.5, 0.6) is 0 Å². The van der Waals surface area contributed by atoms with Gasteiger partial charge in [0.15, 0.2) is 5.82 Å². The van der Waals surface area contributed by atoms with Gasteiger partial charge in [-0.1, -0.05) is 6.07 Å². The maximum atomic E-state index is 12.6. The molecule has 4 aromatic rings. The van der Waals surface area contributed by atoms with Crippen molar-refractivity contribution >= 4 is 23.2 Å². The topological polar surface area (TPSA) is 106 Å². The number of benzene rings is 1. The molecule has 1 atom stereocenters. The molecule has 5 rings (SSSR count). The second-order valence-corrected chi connectivity index (χ2v) is 7.72. The molecule has 2 N–H and O–H groups in total. The SMILES string of the molecule is Cc1cc(Nc2cccc(C(=O)NCC3CCCO3)c2)n2nc(-c3cccnc3)nc2n1. The van der Waals surface area contributed by atoms with E-state index in [1.54, 1.807) is 23.0 Å². The van der Waals surface area contributed by atoms with Crippen molar-refractivity contribution in [3.8, 4) is 11.4 Å². The van der Waals surface area contributed by atoms with E-state index >= 15 is 0 Å². The van der Waals surface area contributed by atoms with Gasteiger partial charge in [-0.3, -0.25) is 9.78 Å². The summed E-state index contributed by atoms with van der Waals surface area (Å²) in [4.78, 5) is 25.8. The third kappa shape index (κ3) is 4.28. The highest BCUT2D eigenvalue weighted by atomic mass is 16.5. The average Bonchev–Trinajstić information content (AvgIpc) is 3.48. The molecule has 0 radical (unpaired) electrons. The second-order valence-electron chi connectivity index (χ2n) is 7.72. The molecule has 1 aliphatic heterocycles. The minimum atomic E-state index is -0.125. The fourth-order valence-electron chi connectivity index (χ4n) is 3.69. The van der Waals surface area contributed by atoms with Gasteiger partial charge in [-0.15, -0.1) is 5.10 Å². The van der Waals surface area contributed by atoms with E-state index in [0.717, 1.165) is 36.4 Å². The van der Waals surface area contributed by atoms with Crippen LogP contribution in [-0.2, 0) is 4.74 Å².